The lowest BCUT2D eigenvalue weighted by atomic mass is 10.1. The summed E-state index contributed by atoms with van der Waals surface area (Å²) in [6.07, 6.45) is -2.01. The summed E-state index contributed by atoms with van der Waals surface area (Å²) in [6.45, 7) is -0.338. The lowest BCUT2D eigenvalue weighted by Crippen LogP contribution is -2.33. The molecule has 1 aliphatic heterocycles. The average Bonchev–Trinajstić information content (AvgIpc) is 2.92. The maximum atomic E-state index is 9.89. The van der Waals surface area contributed by atoms with E-state index in [-0.39, 0.29) is 6.61 Å². The van der Waals surface area contributed by atoms with Crippen molar-refractivity contribution in [2.45, 2.75) is 24.5 Å². The van der Waals surface area contributed by atoms with Gasteiger partial charge in [0.05, 0.1) is 12.1 Å². The number of ether oxygens (including phenoxy) is 1. The molecule has 0 spiro atoms. The van der Waals surface area contributed by atoms with Gasteiger partial charge in [-0.25, -0.2) is 4.68 Å². The van der Waals surface area contributed by atoms with Crippen LogP contribution in [-0.2, 0) is 4.74 Å². The van der Waals surface area contributed by atoms with Crippen molar-refractivity contribution in [3.63, 3.8) is 0 Å². The van der Waals surface area contributed by atoms with Crippen molar-refractivity contribution in [3.05, 3.63) is 30.5 Å². The zero-order valence-electron chi connectivity index (χ0n) is 9.55. The summed E-state index contributed by atoms with van der Waals surface area (Å²) in [5.74, 6) is 0. The van der Waals surface area contributed by atoms with Gasteiger partial charge in [0.1, 0.15) is 18.3 Å². The Balaban J connectivity index is 1.95. The zero-order valence-corrected chi connectivity index (χ0v) is 9.55. The number of hydrogen-bond donors (Lipinski definition) is 3. The van der Waals surface area contributed by atoms with Gasteiger partial charge in [0.25, 0.3) is 0 Å². The van der Waals surface area contributed by atoms with Gasteiger partial charge in [0.15, 0.2) is 6.23 Å². The van der Waals surface area contributed by atoms with Gasteiger partial charge in [-0.3, -0.25) is 0 Å². The molecule has 1 aliphatic rings. The number of benzene rings is 1. The van der Waals surface area contributed by atoms with Crippen LogP contribution in [0.2, 0.25) is 0 Å². The van der Waals surface area contributed by atoms with Crippen LogP contribution in [0.3, 0.4) is 0 Å². The molecule has 18 heavy (non-hydrogen) atoms. The van der Waals surface area contributed by atoms with Crippen LogP contribution >= 0.6 is 0 Å². The molecule has 1 aromatic carbocycles. The van der Waals surface area contributed by atoms with Crippen molar-refractivity contribution in [1.82, 2.24) is 9.78 Å². The maximum absolute atomic E-state index is 9.89. The van der Waals surface area contributed by atoms with E-state index in [4.69, 9.17) is 9.84 Å². The van der Waals surface area contributed by atoms with Gasteiger partial charge in [0.2, 0.25) is 0 Å². The fourth-order valence-corrected chi connectivity index (χ4v) is 2.21. The SMILES string of the molecule is OC[C@@H]1O[C@@H](n2cc3ccccc3n2)[C@@H](O)[C@@H]1O. The number of aromatic nitrogens is 2. The van der Waals surface area contributed by atoms with E-state index in [2.05, 4.69) is 5.10 Å². The normalized spacial score (nSPS) is 32.2. The van der Waals surface area contributed by atoms with Gasteiger partial charge < -0.3 is 20.1 Å². The number of rotatable bonds is 2. The van der Waals surface area contributed by atoms with Crippen molar-refractivity contribution in [2.24, 2.45) is 0 Å². The van der Waals surface area contributed by atoms with Crippen LogP contribution in [0.5, 0.6) is 0 Å². The van der Waals surface area contributed by atoms with E-state index in [0.717, 1.165) is 10.9 Å². The van der Waals surface area contributed by atoms with Crippen LogP contribution in [0.4, 0.5) is 0 Å². The predicted octanol–water partition coefficient (Wildman–Crippen LogP) is -0.352. The standard InChI is InChI=1S/C12H14N2O4/c15-6-9-10(16)11(17)12(18-9)14-5-7-3-1-2-4-8(7)13-14/h1-5,9-12,15-17H,6H2/t9-,10+,11-,12+/m0/s1. The second-order valence-corrected chi connectivity index (χ2v) is 4.40. The van der Waals surface area contributed by atoms with Crippen molar-refractivity contribution < 1.29 is 20.1 Å². The Bertz CT molecular complexity index is 523. The fourth-order valence-electron chi connectivity index (χ4n) is 2.21. The van der Waals surface area contributed by atoms with E-state index >= 15 is 0 Å². The second kappa shape index (κ2) is 4.33. The van der Waals surface area contributed by atoms with Crippen LogP contribution in [0.15, 0.2) is 30.5 Å². The quantitative estimate of drug-likeness (QED) is 0.678. The van der Waals surface area contributed by atoms with Gasteiger partial charge in [-0.15, -0.1) is 0 Å². The van der Waals surface area contributed by atoms with Gasteiger partial charge in [-0.2, -0.15) is 5.10 Å². The third-order valence-electron chi connectivity index (χ3n) is 3.21. The molecule has 0 radical (unpaired) electrons. The van der Waals surface area contributed by atoms with Gasteiger partial charge >= 0.3 is 0 Å². The minimum absolute atomic E-state index is 0.338. The molecule has 2 aromatic rings. The zero-order chi connectivity index (χ0) is 12.7. The molecule has 3 N–H and O–H groups in total. The molecule has 4 atom stereocenters. The first kappa shape index (κ1) is 11.6. The van der Waals surface area contributed by atoms with Crippen LogP contribution in [0.1, 0.15) is 6.23 Å². The van der Waals surface area contributed by atoms with E-state index < -0.39 is 24.5 Å². The van der Waals surface area contributed by atoms with Crippen LogP contribution < -0.4 is 0 Å². The first-order valence-corrected chi connectivity index (χ1v) is 5.77. The monoisotopic (exact) mass is 250 g/mol. The van der Waals surface area contributed by atoms with E-state index in [1.807, 2.05) is 24.3 Å². The summed E-state index contributed by atoms with van der Waals surface area (Å²) in [5, 5.41) is 33.8. The average molecular weight is 250 g/mol. The van der Waals surface area contributed by atoms with E-state index in [9.17, 15) is 10.2 Å². The Morgan fingerprint density at radius 3 is 2.67 bits per heavy atom. The molecule has 1 fully saturated rings. The Labute approximate surface area is 103 Å². The minimum Gasteiger partial charge on any atom is -0.394 e. The largest absolute Gasteiger partial charge is 0.394 e. The van der Waals surface area contributed by atoms with Crippen LogP contribution in [0.25, 0.3) is 10.9 Å². The topological polar surface area (TPSA) is 87.7 Å². The number of nitrogens with zero attached hydrogens (tertiary/aromatic N) is 2. The number of fused-ring (bicyclic) bond motifs is 1. The number of aliphatic hydroxyl groups is 3. The van der Waals surface area contributed by atoms with E-state index in [1.165, 1.54) is 4.68 Å². The van der Waals surface area contributed by atoms with E-state index in [0.29, 0.717) is 0 Å². The number of hydrogen-bond acceptors (Lipinski definition) is 5. The van der Waals surface area contributed by atoms with Crippen LogP contribution in [0, 0.1) is 0 Å². The lowest BCUT2D eigenvalue weighted by Gasteiger charge is -2.14. The molecule has 3 rings (SSSR count). The summed E-state index contributed by atoms with van der Waals surface area (Å²) >= 11 is 0. The van der Waals surface area contributed by atoms with Crippen molar-refractivity contribution in [1.29, 1.82) is 0 Å². The van der Waals surface area contributed by atoms with Crippen LogP contribution in [-0.4, -0.2) is 50.0 Å². The summed E-state index contributed by atoms with van der Waals surface area (Å²) in [4.78, 5) is 0. The van der Waals surface area contributed by atoms with Crippen molar-refractivity contribution >= 4 is 10.9 Å². The van der Waals surface area contributed by atoms with Crippen molar-refractivity contribution in [2.75, 3.05) is 6.61 Å². The highest BCUT2D eigenvalue weighted by molar-refractivity contribution is 5.77. The molecule has 0 aliphatic carbocycles. The highest BCUT2D eigenvalue weighted by Crippen LogP contribution is 2.29. The molecule has 1 saturated heterocycles. The first-order chi connectivity index (χ1) is 8.70. The minimum atomic E-state index is -1.10. The molecule has 96 valence electrons. The molecule has 6 nitrogen and oxygen atoms in total. The molecule has 0 saturated carbocycles. The molecule has 6 heteroatoms. The molecule has 0 amide bonds. The fraction of sp³-hybridized carbons (Fsp3) is 0.417. The molecule has 0 bridgehead atoms. The Hall–Kier alpha value is -1.47. The molecular formula is C12H14N2O4. The molecule has 2 heterocycles. The van der Waals surface area contributed by atoms with Gasteiger partial charge in [-0.05, 0) is 6.07 Å². The maximum Gasteiger partial charge on any atom is 0.179 e. The highest BCUT2D eigenvalue weighted by atomic mass is 16.6. The molecule has 0 unspecified atom stereocenters. The first-order valence-electron chi connectivity index (χ1n) is 5.77. The molecular weight excluding hydrogens is 236 g/mol. The Morgan fingerprint density at radius 1 is 1.22 bits per heavy atom. The van der Waals surface area contributed by atoms with Gasteiger partial charge in [0, 0.05) is 11.6 Å². The smallest absolute Gasteiger partial charge is 0.179 e. The Kier molecular flexibility index (Phi) is 2.79. The third kappa shape index (κ3) is 1.70. The Morgan fingerprint density at radius 2 is 2.00 bits per heavy atom. The summed E-state index contributed by atoms with van der Waals surface area (Å²) in [7, 11) is 0. The van der Waals surface area contributed by atoms with E-state index in [1.54, 1.807) is 6.20 Å². The van der Waals surface area contributed by atoms with Gasteiger partial charge in [-0.1, -0.05) is 18.2 Å². The summed E-state index contributed by atoms with van der Waals surface area (Å²) in [5.41, 5.74) is 0.787. The summed E-state index contributed by atoms with van der Waals surface area (Å²) in [6, 6.07) is 7.52. The third-order valence-corrected chi connectivity index (χ3v) is 3.21. The molecule has 1 aromatic heterocycles. The highest BCUT2D eigenvalue weighted by Gasteiger charge is 2.43. The summed E-state index contributed by atoms with van der Waals surface area (Å²) < 4.78 is 6.88. The number of aliphatic hydroxyl groups excluding tert-OH is 3. The van der Waals surface area contributed by atoms with Crippen molar-refractivity contribution in [3.8, 4) is 0 Å². The predicted molar refractivity (Wildman–Crippen MR) is 62.7 cm³/mol. The second-order valence-electron chi connectivity index (χ2n) is 4.40. The lowest BCUT2D eigenvalue weighted by molar-refractivity contribution is -0.0582.